The van der Waals surface area contributed by atoms with E-state index in [1.54, 1.807) is 0 Å². The molecule has 0 aliphatic heterocycles. The molecule has 0 saturated heterocycles. The summed E-state index contributed by atoms with van der Waals surface area (Å²) in [4.78, 5) is 7.72. The van der Waals surface area contributed by atoms with Crippen LogP contribution >= 0.6 is 11.6 Å². The summed E-state index contributed by atoms with van der Waals surface area (Å²) in [5, 5.41) is 5.27. The number of aromatic nitrogens is 1. The largest absolute Gasteiger partial charge is 0.370 e. The summed E-state index contributed by atoms with van der Waals surface area (Å²) in [6.07, 6.45) is 9.23. The fraction of sp³-hybridized carbons (Fsp3) is 0.471. The van der Waals surface area contributed by atoms with Gasteiger partial charge in [-0.25, -0.2) is 0 Å². The second kappa shape index (κ2) is 7.05. The van der Waals surface area contributed by atoms with Gasteiger partial charge < -0.3 is 16.0 Å². The average molecular weight is 319 g/mol. The van der Waals surface area contributed by atoms with E-state index in [4.69, 9.17) is 17.3 Å². The molecule has 0 unspecified atom stereocenters. The van der Waals surface area contributed by atoms with Crippen LogP contribution in [-0.4, -0.2) is 23.5 Å². The highest BCUT2D eigenvalue weighted by atomic mass is 35.5. The van der Waals surface area contributed by atoms with Crippen LogP contribution in [0.15, 0.2) is 29.4 Å². The van der Waals surface area contributed by atoms with E-state index in [1.807, 2.05) is 24.4 Å². The minimum absolute atomic E-state index is 0.504. The monoisotopic (exact) mass is 318 g/mol. The van der Waals surface area contributed by atoms with Gasteiger partial charge in [0.05, 0.1) is 0 Å². The zero-order valence-electron chi connectivity index (χ0n) is 12.7. The van der Waals surface area contributed by atoms with Gasteiger partial charge in [0.15, 0.2) is 5.96 Å². The summed E-state index contributed by atoms with van der Waals surface area (Å²) in [6.45, 7) is 0.686. The molecule has 0 radical (unpaired) electrons. The Kier molecular flexibility index (Phi) is 4.88. The fourth-order valence-electron chi connectivity index (χ4n) is 3.16. The number of hydrogen-bond donors (Lipinski definition) is 3. The van der Waals surface area contributed by atoms with Crippen molar-refractivity contribution in [3.05, 3.63) is 35.0 Å². The van der Waals surface area contributed by atoms with Crippen LogP contribution in [-0.2, 0) is 6.42 Å². The second-order valence-electron chi connectivity index (χ2n) is 6.00. The van der Waals surface area contributed by atoms with E-state index in [1.165, 1.54) is 43.1 Å². The number of nitrogens with zero attached hydrogens (tertiary/aromatic N) is 1. The zero-order valence-corrected chi connectivity index (χ0v) is 13.5. The zero-order chi connectivity index (χ0) is 15.4. The fourth-order valence-corrected chi connectivity index (χ4v) is 3.33. The van der Waals surface area contributed by atoms with Crippen molar-refractivity contribution in [3.8, 4) is 0 Å². The van der Waals surface area contributed by atoms with E-state index >= 15 is 0 Å². The van der Waals surface area contributed by atoms with Crippen LogP contribution < -0.4 is 11.1 Å². The molecule has 22 heavy (non-hydrogen) atoms. The maximum absolute atomic E-state index is 6.07. The Morgan fingerprint density at radius 1 is 1.32 bits per heavy atom. The first kappa shape index (κ1) is 15.2. The van der Waals surface area contributed by atoms with Crippen molar-refractivity contribution >= 4 is 28.5 Å². The predicted octanol–water partition coefficient (Wildman–Crippen LogP) is 3.60. The first-order chi connectivity index (χ1) is 10.7. The minimum Gasteiger partial charge on any atom is -0.370 e. The highest BCUT2D eigenvalue weighted by Crippen LogP contribution is 2.22. The van der Waals surface area contributed by atoms with Crippen molar-refractivity contribution in [2.45, 2.75) is 44.6 Å². The Labute approximate surface area is 136 Å². The molecule has 0 bridgehead atoms. The van der Waals surface area contributed by atoms with Gasteiger partial charge in [0.1, 0.15) is 0 Å². The Bertz CT molecular complexity index is 656. The number of halogens is 1. The molecular formula is C17H23ClN4. The maximum Gasteiger partial charge on any atom is 0.188 e. The molecule has 118 valence electrons. The summed E-state index contributed by atoms with van der Waals surface area (Å²) in [7, 11) is 0. The number of nitrogens with two attached hydrogens (primary N) is 1. The summed E-state index contributed by atoms with van der Waals surface area (Å²) < 4.78 is 0. The van der Waals surface area contributed by atoms with Gasteiger partial charge in [-0.3, -0.25) is 4.99 Å². The van der Waals surface area contributed by atoms with Crippen LogP contribution in [0.5, 0.6) is 0 Å². The Morgan fingerprint density at radius 2 is 2.14 bits per heavy atom. The van der Waals surface area contributed by atoms with Gasteiger partial charge in [0.25, 0.3) is 0 Å². The normalized spacial score (nSPS) is 17.0. The van der Waals surface area contributed by atoms with Crippen LogP contribution in [0.25, 0.3) is 10.9 Å². The number of nitrogens with one attached hydrogen (secondary N) is 2. The summed E-state index contributed by atoms with van der Waals surface area (Å²) in [6, 6.07) is 6.40. The molecule has 4 nitrogen and oxygen atoms in total. The molecule has 4 N–H and O–H groups in total. The van der Waals surface area contributed by atoms with Crippen molar-refractivity contribution in [3.63, 3.8) is 0 Å². The summed E-state index contributed by atoms with van der Waals surface area (Å²) in [5.41, 5.74) is 8.33. The number of aromatic amines is 1. The van der Waals surface area contributed by atoms with Gasteiger partial charge in [0.2, 0.25) is 0 Å². The minimum atomic E-state index is 0.504. The number of H-pyrrole nitrogens is 1. The number of benzene rings is 1. The van der Waals surface area contributed by atoms with Crippen LogP contribution in [0.2, 0.25) is 5.02 Å². The maximum atomic E-state index is 6.07. The molecule has 0 spiro atoms. The average Bonchev–Trinajstić information content (AvgIpc) is 2.91. The van der Waals surface area contributed by atoms with Crippen molar-refractivity contribution < 1.29 is 0 Å². The molecule has 1 aromatic carbocycles. The van der Waals surface area contributed by atoms with Gasteiger partial charge in [-0.1, -0.05) is 30.9 Å². The lowest BCUT2D eigenvalue weighted by Gasteiger charge is -2.23. The van der Waals surface area contributed by atoms with Crippen molar-refractivity contribution in [1.82, 2.24) is 10.3 Å². The van der Waals surface area contributed by atoms with E-state index in [0.717, 1.165) is 17.0 Å². The van der Waals surface area contributed by atoms with Crippen LogP contribution in [0.4, 0.5) is 0 Å². The number of hydrogen-bond acceptors (Lipinski definition) is 1. The van der Waals surface area contributed by atoms with Crippen LogP contribution in [0, 0.1) is 0 Å². The van der Waals surface area contributed by atoms with Gasteiger partial charge in [-0.2, -0.15) is 0 Å². The van der Waals surface area contributed by atoms with Crippen molar-refractivity contribution in [2.75, 3.05) is 6.54 Å². The van der Waals surface area contributed by atoms with Gasteiger partial charge in [-0.15, -0.1) is 0 Å². The topological polar surface area (TPSA) is 66.2 Å². The van der Waals surface area contributed by atoms with Crippen molar-refractivity contribution in [2.24, 2.45) is 10.7 Å². The lowest BCUT2D eigenvalue weighted by Crippen LogP contribution is -2.41. The third-order valence-electron chi connectivity index (χ3n) is 4.35. The quantitative estimate of drug-likeness (QED) is 0.595. The lowest BCUT2D eigenvalue weighted by atomic mass is 9.96. The van der Waals surface area contributed by atoms with Crippen LogP contribution in [0.1, 0.15) is 37.7 Å². The number of fused-ring (bicyclic) bond motifs is 1. The molecule has 1 aromatic heterocycles. The van der Waals surface area contributed by atoms with E-state index in [9.17, 15) is 0 Å². The Morgan fingerprint density at radius 3 is 2.95 bits per heavy atom. The highest BCUT2D eigenvalue weighted by Gasteiger charge is 2.13. The second-order valence-corrected chi connectivity index (χ2v) is 6.44. The van der Waals surface area contributed by atoms with Gasteiger partial charge in [0, 0.05) is 34.7 Å². The first-order valence-electron chi connectivity index (χ1n) is 8.04. The molecule has 1 saturated carbocycles. The first-order valence-corrected chi connectivity index (χ1v) is 8.42. The van der Waals surface area contributed by atoms with Gasteiger partial charge in [-0.05, 0) is 43.0 Å². The molecule has 0 atom stereocenters. The smallest absolute Gasteiger partial charge is 0.188 e. The van der Waals surface area contributed by atoms with E-state index in [-0.39, 0.29) is 0 Å². The molecule has 1 aliphatic rings. The third kappa shape index (κ3) is 3.74. The predicted molar refractivity (Wildman–Crippen MR) is 93.5 cm³/mol. The number of guanidine groups is 1. The molecule has 5 heteroatoms. The number of aliphatic imine (C=N–C) groups is 1. The molecule has 1 heterocycles. The summed E-state index contributed by atoms with van der Waals surface area (Å²) in [5.74, 6) is 0.574. The third-order valence-corrected chi connectivity index (χ3v) is 4.59. The highest BCUT2D eigenvalue weighted by molar-refractivity contribution is 6.31. The Balaban J connectivity index is 1.56. The molecular weight excluding hydrogens is 296 g/mol. The van der Waals surface area contributed by atoms with Crippen molar-refractivity contribution in [1.29, 1.82) is 0 Å². The van der Waals surface area contributed by atoms with E-state index in [0.29, 0.717) is 18.5 Å². The van der Waals surface area contributed by atoms with E-state index < -0.39 is 0 Å². The summed E-state index contributed by atoms with van der Waals surface area (Å²) >= 11 is 6.07. The van der Waals surface area contributed by atoms with Gasteiger partial charge >= 0.3 is 0 Å². The molecule has 3 rings (SSSR count). The SMILES string of the molecule is NC(=NCCc1c[nH]c2ccc(Cl)cc12)NC1CCCCC1. The lowest BCUT2D eigenvalue weighted by molar-refractivity contribution is 0.412. The standard InChI is InChI=1S/C17H23ClN4/c18-13-6-7-16-15(10-13)12(11-21-16)8-9-20-17(19)22-14-4-2-1-3-5-14/h6-7,10-11,14,21H,1-5,8-9H2,(H3,19,20,22). The Hall–Kier alpha value is -1.68. The molecule has 1 fully saturated rings. The number of rotatable bonds is 4. The molecule has 0 amide bonds. The molecule has 1 aliphatic carbocycles. The van der Waals surface area contributed by atoms with Crippen LogP contribution in [0.3, 0.4) is 0 Å². The van der Waals surface area contributed by atoms with E-state index in [2.05, 4.69) is 15.3 Å². The molecule has 2 aromatic rings.